The number of phenolic OH excluding ortho intramolecular Hbond substituents is 1. The van der Waals surface area contributed by atoms with Gasteiger partial charge in [-0.25, -0.2) is 0 Å². The highest BCUT2D eigenvalue weighted by atomic mass is 16.3. The number of aryl methyl sites for hydroxylation is 1. The number of phenols is 1. The number of hydrogen-bond acceptors (Lipinski definition) is 3. The lowest BCUT2D eigenvalue weighted by Crippen LogP contribution is -2.22. The predicted octanol–water partition coefficient (Wildman–Crippen LogP) is 1.82. The van der Waals surface area contributed by atoms with E-state index >= 15 is 0 Å². The van der Waals surface area contributed by atoms with Gasteiger partial charge in [-0.1, -0.05) is 12.1 Å². The highest BCUT2D eigenvalue weighted by Crippen LogP contribution is 2.24. The van der Waals surface area contributed by atoms with Crippen LogP contribution in [0.3, 0.4) is 0 Å². The van der Waals surface area contributed by atoms with Gasteiger partial charge in [-0.05, 0) is 30.7 Å². The summed E-state index contributed by atoms with van der Waals surface area (Å²) >= 11 is 0. The number of pyridine rings is 1. The van der Waals surface area contributed by atoms with Crippen molar-refractivity contribution >= 4 is 5.69 Å². The first kappa shape index (κ1) is 11.3. The highest BCUT2D eigenvalue weighted by Gasteiger charge is 2.07. The summed E-state index contributed by atoms with van der Waals surface area (Å²) in [6, 6.07) is 8.42. The molecule has 2 rings (SSSR count). The molecule has 0 aliphatic heterocycles. The molecule has 3 N–H and O–H groups in total. The monoisotopic (exact) mass is 230 g/mol. The third-order valence-electron chi connectivity index (χ3n) is 2.72. The van der Waals surface area contributed by atoms with Gasteiger partial charge in [0, 0.05) is 18.3 Å². The molecule has 0 amide bonds. The van der Waals surface area contributed by atoms with Gasteiger partial charge in [0.15, 0.2) is 0 Å². The lowest BCUT2D eigenvalue weighted by Gasteiger charge is -2.08. The summed E-state index contributed by atoms with van der Waals surface area (Å²) in [5, 5.41) is 9.21. The molecule has 2 aromatic rings. The summed E-state index contributed by atoms with van der Waals surface area (Å²) in [6.45, 7) is 2.49. The van der Waals surface area contributed by atoms with Crippen molar-refractivity contribution < 1.29 is 5.11 Å². The maximum absolute atomic E-state index is 11.8. The molecule has 0 unspecified atom stereocenters. The Labute approximate surface area is 98.9 Å². The normalized spacial score (nSPS) is 10.4. The lowest BCUT2D eigenvalue weighted by atomic mass is 10.1. The van der Waals surface area contributed by atoms with Gasteiger partial charge in [0.1, 0.15) is 11.4 Å². The molecule has 1 heterocycles. The van der Waals surface area contributed by atoms with Crippen LogP contribution in [-0.2, 0) is 6.54 Å². The number of nitrogens with two attached hydrogens (primary N) is 1. The van der Waals surface area contributed by atoms with Crippen LogP contribution in [0.15, 0.2) is 41.3 Å². The number of nitrogen functional groups attached to an aromatic ring is 1. The molecular weight excluding hydrogens is 216 g/mol. The van der Waals surface area contributed by atoms with E-state index in [9.17, 15) is 9.90 Å². The fourth-order valence-corrected chi connectivity index (χ4v) is 1.73. The number of aromatic hydroxyl groups is 1. The minimum atomic E-state index is -0.182. The molecule has 0 aliphatic rings. The maximum Gasteiger partial charge on any atom is 0.274 e. The first-order chi connectivity index (χ1) is 8.13. The Balaban J connectivity index is 2.57. The van der Waals surface area contributed by atoms with Crippen molar-refractivity contribution in [3.05, 3.63) is 46.9 Å². The van der Waals surface area contributed by atoms with Gasteiger partial charge in [-0.3, -0.25) is 4.79 Å². The Hall–Kier alpha value is -2.23. The smallest absolute Gasteiger partial charge is 0.274 e. The van der Waals surface area contributed by atoms with Crippen molar-refractivity contribution in [1.82, 2.24) is 4.57 Å². The average molecular weight is 230 g/mol. The van der Waals surface area contributed by atoms with Crippen LogP contribution < -0.4 is 11.3 Å². The molecule has 0 atom stereocenters. The zero-order valence-corrected chi connectivity index (χ0v) is 9.55. The molecule has 1 aromatic carbocycles. The van der Waals surface area contributed by atoms with Gasteiger partial charge in [-0.15, -0.1) is 0 Å². The highest BCUT2D eigenvalue weighted by molar-refractivity contribution is 5.75. The van der Waals surface area contributed by atoms with E-state index in [1.54, 1.807) is 35.0 Å². The number of rotatable bonds is 2. The first-order valence-corrected chi connectivity index (χ1v) is 5.41. The molecule has 0 fully saturated rings. The van der Waals surface area contributed by atoms with Crippen molar-refractivity contribution in [3.63, 3.8) is 0 Å². The summed E-state index contributed by atoms with van der Waals surface area (Å²) in [5.74, 6) is 0.189. The fourth-order valence-electron chi connectivity index (χ4n) is 1.73. The third-order valence-corrected chi connectivity index (χ3v) is 2.72. The largest absolute Gasteiger partial charge is 0.508 e. The molecule has 0 radical (unpaired) electrons. The molecule has 0 spiro atoms. The van der Waals surface area contributed by atoms with Crippen molar-refractivity contribution in [2.45, 2.75) is 13.5 Å². The summed E-state index contributed by atoms with van der Waals surface area (Å²) in [5.41, 5.74) is 7.40. The Bertz CT molecular complexity index is 585. The number of aromatic nitrogens is 1. The fraction of sp³-hybridized carbons (Fsp3) is 0.154. The van der Waals surface area contributed by atoms with E-state index in [-0.39, 0.29) is 17.0 Å². The zero-order chi connectivity index (χ0) is 12.4. The van der Waals surface area contributed by atoms with Crippen LogP contribution >= 0.6 is 0 Å². The minimum Gasteiger partial charge on any atom is -0.508 e. The van der Waals surface area contributed by atoms with Crippen LogP contribution in [0, 0.1) is 0 Å². The molecule has 17 heavy (non-hydrogen) atoms. The van der Waals surface area contributed by atoms with Gasteiger partial charge < -0.3 is 15.4 Å². The Morgan fingerprint density at radius 2 is 1.88 bits per heavy atom. The second-order valence-corrected chi connectivity index (χ2v) is 3.78. The van der Waals surface area contributed by atoms with Gasteiger partial charge in [0.2, 0.25) is 0 Å². The molecule has 88 valence electrons. The summed E-state index contributed by atoms with van der Waals surface area (Å²) in [6.07, 6.45) is 1.72. The number of nitrogens with zero attached hydrogens (tertiary/aromatic N) is 1. The van der Waals surface area contributed by atoms with Crippen LogP contribution in [0.4, 0.5) is 5.69 Å². The molecule has 4 nitrogen and oxygen atoms in total. The van der Waals surface area contributed by atoms with Crippen LogP contribution in [0.25, 0.3) is 11.1 Å². The van der Waals surface area contributed by atoms with Crippen molar-refractivity contribution in [1.29, 1.82) is 0 Å². The molecular formula is C13H14N2O2. The minimum absolute atomic E-state index is 0.182. The number of hydrogen-bond donors (Lipinski definition) is 2. The van der Waals surface area contributed by atoms with Crippen molar-refractivity contribution in [2.75, 3.05) is 5.73 Å². The lowest BCUT2D eigenvalue weighted by molar-refractivity contribution is 0.475. The molecule has 4 heteroatoms. The van der Waals surface area contributed by atoms with Gasteiger partial charge >= 0.3 is 0 Å². The van der Waals surface area contributed by atoms with E-state index < -0.39 is 0 Å². The average Bonchev–Trinajstić information content (AvgIpc) is 2.34. The Morgan fingerprint density at radius 1 is 1.24 bits per heavy atom. The van der Waals surface area contributed by atoms with Crippen LogP contribution in [0.2, 0.25) is 0 Å². The molecule has 0 saturated carbocycles. The van der Waals surface area contributed by atoms with E-state index in [0.717, 1.165) is 5.56 Å². The summed E-state index contributed by atoms with van der Waals surface area (Å²) in [7, 11) is 0. The second kappa shape index (κ2) is 4.33. The van der Waals surface area contributed by atoms with Crippen molar-refractivity contribution in [2.24, 2.45) is 0 Å². The Morgan fingerprint density at radius 3 is 2.47 bits per heavy atom. The third kappa shape index (κ3) is 2.01. The van der Waals surface area contributed by atoms with Gasteiger partial charge in [-0.2, -0.15) is 0 Å². The predicted molar refractivity (Wildman–Crippen MR) is 67.9 cm³/mol. The van der Waals surface area contributed by atoms with Crippen LogP contribution in [0.5, 0.6) is 5.75 Å². The van der Waals surface area contributed by atoms with Crippen LogP contribution in [0.1, 0.15) is 6.92 Å². The molecule has 0 aliphatic carbocycles. The standard InChI is InChI=1S/C13H14N2O2/c1-2-15-8-7-11(12(14)13(15)17)9-3-5-10(16)6-4-9/h3-8,16H,2,14H2,1H3. The number of benzene rings is 1. The van der Waals surface area contributed by atoms with Gasteiger partial charge in [0.25, 0.3) is 5.56 Å². The zero-order valence-electron chi connectivity index (χ0n) is 9.55. The summed E-state index contributed by atoms with van der Waals surface area (Å²) in [4.78, 5) is 11.8. The maximum atomic E-state index is 11.8. The number of anilines is 1. The second-order valence-electron chi connectivity index (χ2n) is 3.78. The van der Waals surface area contributed by atoms with Crippen molar-refractivity contribution in [3.8, 4) is 16.9 Å². The van der Waals surface area contributed by atoms with E-state index in [1.165, 1.54) is 0 Å². The SMILES string of the molecule is CCn1ccc(-c2ccc(O)cc2)c(N)c1=O. The summed E-state index contributed by atoms with van der Waals surface area (Å²) < 4.78 is 1.55. The van der Waals surface area contributed by atoms with E-state index in [1.807, 2.05) is 13.0 Å². The Kier molecular flexibility index (Phi) is 2.87. The van der Waals surface area contributed by atoms with E-state index in [4.69, 9.17) is 5.73 Å². The molecule has 0 bridgehead atoms. The van der Waals surface area contributed by atoms with E-state index in [0.29, 0.717) is 12.1 Å². The first-order valence-electron chi connectivity index (χ1n) is 5.41. The molecule has 1 aromatic heterocycles. The topological polar surface area (TPSA) is 68.2 Å². The van der Waals surface area contributed by atoms with Crippen LogP contribution in [-0.4, -0.2) is 9.67 Å². The molecule has 0 saturated heterocycles. The van der Waals surface area contributed by atoms with E-state index in [2.05, 4.69) is 0 Å². The van der Waals surface area contributed by atoms with Gasteiger partial charge in [0.05, 0.1) is 0 Å². The quantitative estimate of drug-likeness (QED) is 0.826.